The molecule has 7 nitrogen and oxygen atoms in total. The molecule has 1 saturated heterocycles. The fourth-order valence-electron chi connectivity index (χ4n) is 2.59. The van der Waals surface area contributed by atoms with Crippen LogP contribution < -0.4 is 14.8 Å². The molecule has 1 aliphatic rings. The van der Waals surface area contributed by atoms with E-state index in [1.54, 1.807) is 30.3 Å². The number of halogens is 1. The molecule has 8 heteroatoms. The third kappa shape index (κ3) is 4.01. The molecule has 4 amide bonds. The van der Waals surface area contributed by atoms with E-state index in [-0.39, 0.29) is 18.0 Å². The maximum Gasteiger partial charge on any atom is 0.331 e. The van der Waals surface area contributed by atoms with Crippen molar-refractivity contribution in [1.82, 2.24) is 10.2 Å². The van der Waals surface area contributed by atoms with E-state index >= 15 is 0 Å². The Morgan fingerprint density at radius 2 is 1.89 bits per heavy atom. The fraction of sp³-hybridized carbons (Fsp3) is 0.150. The summed E-state index contributed by atoms with van der Waals surface area (Å²) in [6.45, 7) is 0.141. The number of barbiturate groups is 1. The van der Waals surface area contributed by atoms with Crippen molar-refractivity contribution in [3.8, 4) is 11.5 Å². The quantitative estimate of drug-likeness (QED) is 0.633. The molecule has 28 heavy (non-hydrogen) atoms. The van der Waals surface area contributed by atoms with Gasteiger partial charge in [-0.2, -0.15) is 0 Å². The lowest BCUT2D eigenvalue weighted by Gasteiger charge is -2.22. The van der Waals surface area contributed by atoms with Crippen LogP contribution in [0.3, 0.4) is 0 Å². The van der Waals surface area contributed by atoms with Gasteiger partial charge in [0, 0.05) is 7.05 Å². The van der Waals surface area contributed by atoms with E-state index in [0.29, 0.717) is 22.6 Å². The van der Waals surface area contributed by atoms with Crippen molar-refractivity contribution in [3.63, 3.8) is 0 Å². The zero-order valence-electron chi connectivity index (χ0n) is 15.2. The zero-order chi connectivity index (χ0) is 20.3. The van der Waals surface area contributed by atoms with Gasteiger partial charge in [0.15, 0.2) is 11.5 Å². The Kier molecular flexibility index (Phi) is 5.39. The van der Waals surface area contributed by atoms with E-state index in [0.717, 1.165) is 4.90 Å². The van der Waals surface area contributed by atoms with Gasteiger partial charge in [0.05, 0.1) is 7.11 Å². The summed E-state index contributed by atoms with van der Waals surface area (Å²) < 4.78 is 24.2. The van der Waals surface area contributed by atoms with Crippen LogP contribution in [0.1, 0.15) is 11.1 Å². The number of urea groups is 1. The standard InChI is InChI=1S/C20H17FN2O5/c1-23-19(25)15(18(24)22-20(23)26)9-12-6-7-16(17(10-12)27-2)28-11-13-4-3-5-14(21)8-13/h3-10H,11H2,1-2H3,(H,22,24,26)/b15-9+. The van der Waals surface area contributed by atoms with Gasteiger partial charge in [-0.3, -0.25) is 19.8 Å². The summed E-state index contributed by atoms with van der Waals surface area (Å²) in [6.07, 6.45) is 1.36. The number of benzene rings is 2. The van der Waals surface area contributed by atoms with E-state index < -0.39 is 17.8 Å². The molecule has 1 N–H and O–H groups in total. The highest BCUT2D eigenvalue weighted by molar-refractivity contribution is 6.30. The molecule has 0 bridgehead atoms. The van der Waals surface area contributed by atoms with E-state index in [1.807, 2.05) is 0 Å². The first-order valence-electron chi connectivity index (χ1n) is 8.29. The Hall–Kier alpha value is -3.68. The predicted octanol–water partition coefficient (Wildman–Crippen LogP) is 2.50. The monoisotopic (exact) mass is 384 g/mol. The number of imide groups is 2. The Morgan fingerprint density at radius 3 is 2.61 bits per heavy atom. The molecular weight excluding hydrogens is 367 g/mol. The molecule has 0 unspecified atom stereocenters. The van der Waals surface area contributed by atoms with Gasteiger partial charge in [-0.1, -0.05) is 18.2 Å². The number of likely N-dealkylation sites (N-methyl/N-ethyl adjacent to an activating group) is 1. The minimum atomic E-state index is -0.772. The molecule has 2 aromatic rings. The summed E-state index contributed by atoms with van der Waals surface area (Å²) in [6, 6.07) is 10.1. The average molecular weight is 384 g/mol. The van der Waals surface area contributed by atoms with Crippen LogP contribution in [-0.4, -0.2) is 36.9 Å². The Labute approximate surface area is 160 Å². The summed E-state index contributed by atoms with van der Waals surface area (Å²) in [5, 5.41) is 2.09. The first kappa shape index (κ1) is 19.1. The number of rotatable bonds is 5. The average Bonchev–Trinajstić information content (AvgIpc) is 2.68. The van der Waals surface area contributed by atoms with Crippen LogP contribution in [0.5, 0.6) is 11.5 Å². The maximum atomic E-state index is 13.3. The summed E-state index contributed by atoms with van der Waals surface area (Å²) in [7, 11) is 2.73. The molecular formula is C20H17FN2O5. The van der Waals surface area contributed by atoms with Crippen LogP contribution in [0.25, 0.3) is 6.08 Å². The smallest absolute Gasteiger partial charge is 0.331 e. The lowest BCUT2D eigenvalue weighted by atomic mass is 10.1. The molecule has 1 heterocycles. The SMILES string of the molecule is COc1cc(/C=C2\C(=O)NC(=O)N(C)C2=O)ccc1OCc1cccc(F)c1. The molecule has 0 aliphatic carbocycles. The second-order valence-corrected chi connectivity index (χ2v) is 6.01. The number of nitrogens with zero attached hydrogens (tertiary/aromatic N) is 1. The van der Waals surface area contributed by atoms with Gasteiger partial charge >= 0.3 is 6.03 Å². The molecule has 0 aromatic heterocycles. The van der Waals surface area contributed by atoms with Crippen molar-refractivity contribution >= 4 is 23.9 Å². The van der Waals surface area contributed by atoms with Crippen LogP contribution in [0.15, 0.2) is 48.0 Å². The third-order valence-electron chi connectivity index (χ3n) is 4.09. The molecule has 2 aromatic carbocycles. The van der Waals surface area contributed by atoms with Crippen LogP contribution >= 0.6 is 0 Å². The minimum absolute atomic E-state index is 0.141. The normalized spacial score (nSPS) is 15.6. The van der Waals surface area contributed by atoms with E-state index in [1.165, 1.54) is 32.4 Å². The van der Waals surface area contributed by atoms with Gasteiger partial charge in [0.2, 0.25) is 0 Å². The van der Waals surface area contributed by atoms with Crippen molar-refractivity contribution < 1.29 is 28.2 Å². The summed E-state index contributed by atoms with van der Waals surface area (Å²) in [5.74, 6) is -1.02. The van der Waals surface area contributed by atoms with E-state index in [4.69, 9.17) is 9.47 Å². The molecule has 0 atom stereocenters. The third-order valence-corrected chi connectivity index (χ3v) is 4.09. The van der Waals surface area contributed by atoms with Crippen LogP contribution in [0.4, 0.5) is 9.18 Å². The molecule has 0 radical (unpaired) electrons. The van der Waals surface area contributed by atoms with Crippen molar-refractivity contribution in [1.29, 1.82) is 0 Å². The second-order valence-electron chi connectivity index (χ2n) is 6.01. The lowest BCUT2D eigenvalue weighted by Crippen LogP contribution is -2.52. The number of hydrogen-bond donors (Lipinski definition) is 1. The largest absolute Gasteiger partial charge is 0.493 e. The molecule has 0 saturated carbocycles. The summed E-state index contributed by atoms with van der Waals surface area (Å²) >= 11 is 0. The van der Waals surface area contributed by atoms with Gasteiger partial charge in [-0.05, 0) is 41.5 Å². The second kappa shape index (κ2) is 7.91. The van der Waals surface area contributed by atoms with Crippen molar-refractivity contribution in [3.05, 3.63) is 65.0 Å². The van der Waals surface area contributed by atoms with Gasteiger partial charge in [0.1, 0.15) is 18.0 Å². The van der Waals surface area contributed by atoms with Crippen molar-refractivity contribution in [2.45, 2.75) is 6.61 Å². The van der Waals surface area contributed by atoms with Crippen molar-refractivity contribution in [2.24, 2.45) is 0 Å². The summed E-state index contributed by atoms with van der Waals surface area (Å²) in [4.78, 5) is 36.4. The van der Waals surface area contributed by atoms with Gasteiger partial charge in [0.25, 0.3) is 11.8 Å². The van der Waals surface area contributed by atoms with Crippen molar-refractivity contribution in [2.75, 3.05) is 14.2 Å². The molecule has 1 aliphatic heterocycles. The minimum Gasteiger partial charge on any atom is -0.493 e. The maximum absolute atomic E-state index is 13.3. The first-order valence-corrected chi connectivity index (χ1v) is 8.29. The first-order chi connectivity index (χ1) is 13.4. The summed E-state index contributed by atoms with van der Waals surface area (Å²) in [5.41, 5.74) is 0.999. The number of nitrogens with one attached hydrogen (secondary N) is 1. The Morgan fingerprint density at radius 1 is 1.11 bits per heavy atom. The van der Waals surface area contributed by atoms with Gasteiger partial charge in [-0.25, -0.2) is 9.18 Å². The number of amides is 4. The molecule has 3 rings (SSSR count). The number of carbonyl (C=O) groups excluding carboxylic acids is 3. The highest BCUT2D eigenvalue weighted by Crippen LogP contribution is 2.30. The Bertz CT molecular complexity index is 986. The Balaban J connectivity index is 1.82. The van der Waals surface area contributed by atoms with Crippen LogP contribution in [0, 0.1) is 5.82 Å². The predicted molar refractivity (Wildman–Crippen MR) is 98.0 cm³/mol. The number of hydrogen-bond acceptors (Lipinski definition) is 5. The molecule has 1 fully saturated rings. The van der Waals surface area contributed by atoms with Gasteiger partial charge in [-0.15, -0.1) is 0 Å². The number of carbonyl (C=O) groups is 3. The highest BCUT2D eigenvalue weighted by Gasteiger charge is 2.33. The molecule has 144 valence electrons. The zero-order valence-corrected chi connectivity index (χ0v) is 15.2. The van der Waals surface area contributed by atoms with Gasteiger partial charge < -0.3 is 9.47 Å². The van der Waals surface area contributed by atoms with Crippen LogP contribution in [-0.2, 0) is 16.2 Å². The lowest BCUT2D eigenvalue weighted by molar-refractivity contribution is -0.129. The number of ether oxygens (including phenoxy) is 2. The highest BCUT2D eigenvalue weighted by atomic mass is 19.1. The van der Waals surface area contributed by atoms with Crippen LogP contribution in [0.2, 0.25) is 0 Å². The molecule has 0 spiro atoms. The fourth-order valence-corrected chi connectivity index (χ4v) is 2.59. The topological polar surface area (TPSA) is 84.9 Å². The van der Waals surface area contributed by atoms with E-state index in [2.05, 4.69) is 5.32 Å². The number of methoxy groups -OCH3 is 1. The van der Waals surface area contributed by atoms with E-state index in [9.17, 15) is 18.8 Å².